The van der Waals surface area contributed by atoms with E-state index in [0.29, 0.717) is 22.2 Å². The quantitative estimate of drug-likeness (QED) is 0.306. The normalized spacial score (nSPS) is 10.4. The predicted molar refractivity (Wildman–Crippen MR) is 139 cm³/mol. The van der Waals surface area contributed by atoms with Crippen molar-refractivity contribution >= 4 is 23.5 Å². The van der Waals surface area contributed by atoms with Crippen molar-refractivity contribution in [1.82, 2.24) is 9.97 Å². The number of carbonyl (C=O) groups is 1. The first kappa shape index (κ1) is 24.0. The Hall–Kier alpha value is -4.15. The summed E-state index contributed by atoms with van der Waals surface area (Å²) >= 11 is 1.40. The van der Waals surface area contributed by atoms with Gasteiger partial charge in [-0.05, 0) is 42.8 Å². The Balaban J connectivity index is 1.60. The van der Waals surface area contributed by atoms with E-state index >= 15 is 0 Å². The number of hydrogen-bond acceptors (Lipinski definition) is 6. The lowest BCUT2D eigenvalue weighted by atomic mass is 9.99. The molecule has 0 saturated carbocycles. The van der Waals surface area contributed by atoms with Gasteiger partial charge in [-0.3, -0.25) is 4.79 Å². The molecule has 35 heavy (non-hydrogen) atoms. The predicted octanol–water partition coefficient (Wildman–Crippen LogP) is 6.12. The Bertz CT molecular complexity index is 1370. The van der Waals surface area contributed by atoms with Crippen molar-refractivity contribution in [2.24, 2.45) is 0 Å². The Morgan fingerprint density at radius 2 is 1.77 bits per heavy atom. The Labute approximate surface area is 209 Å². The highest BCUT2D eigenvalue weighted by atomic mass is 32.2. The van der Waals surface area contributed by atoms with Gasteiger partial charge in [-0.2, -0.15) is 5.26 Å². The lowest BCUT2D eigenvalue weighted by Crippen LogP contribution is -2.13. The molecule has 0 spiro atoms. The van der Waals surface area contributed by atoms with Crippen molar-refractivity contribution in [1.29, 1.82) is 5.26 Å². The number of aromatic nitrogens is 2. The highest BCUT2D eigenvalue weighted by Gasteiger charge is 2.16. The van der Waals surface area contributed by atoms with E-state index in [1.54, 1.807) is 13.2 Å². The molecule has 2 aromatic carbocycles. The largest absolute Gasteiger partial charge is 0.497 e. The molecule has 2 heterocycles. The van der Waals surface area contributed by atoms with Crippen molar-refractivity contribution in [3.05, 3.63) is 90.1 Å². The summed E-state index contributed by atoms with van der Waals surface area (Å²) in [7, 11) is 1.62. The summed E-state index contributed by atoms with van der Waals surface area (Å²) < 4.78 is 5.28. The number of amides is 1. The number of aryl methyl sites for hydroxylation is 1. The number of rotatable bonds is 8. The monoisotopic (exact) mass is 480 g/mol. The van der Waals surface area contributed by atoms with Crippen LogP contribution in [-0.4, -0.2) is 28.7 Å². The smallest absolute Gasteiger partial charge is 0.226 e. The van der Waals surface area contributed by atoms with Crippen LogP contribution in [0.25, 0.3) is 22.4 Å². The van der Waals surface area contributed by atoms with Crippen LogP contribution in [0.15, 0.2) is 83.9 Å². The number of ether oxygens (including phenoxy) is 1. The average Bonchev–Trinajstić information content (AvgIpc) is 2.89. The molecule has 1 N–H and O–H groups in total. The third-order valence-corrected chi connectivity index (χ3v) is 6.27. The molecule has 1 amide bonds. The molecule has 4 rings (SSSR count). The summed E-state index contributed by atoms with van der Waals surface area (Å²) in [6.07, 6.45) is 0.264. The van der Waals surface area contributed by atoms with Crippen molar-refractivity contribution < 1.29 is 9.53 Å². The SMILES string of the molecule is COc1ccc(-c2cc(-c3ccccc3)nc(SCCC(=O)Nc3cccc(C)n3)c2C#N)cc1. The Kier molecular flexibility index (Phi) is 7.76. The maximum Gasteiger partial charge on any atom is 0.226 e. The first-order valence-corrected chi connectivity index (χ1v) is 12.1. The third-order valence-electron chi connectivity index (χ3n) is 5.29. The molecule has 0 aliphatic rings. The zero-order chi connectivity index (χ0) is 24.6. The first-order chi connectivity index (χ1) is 17.1. The van der Waals surface area contributed by atoms with Crippen LogP contribution in [0.2, 0.25) is 0 Å². The van der Waals surface area contributed by atoms with Crippen LogP contribution >= 0.6 is 11.8 Å². The minimum atomic E-state index is -0.135. The fourth-order valence-electron chi connectivity index (χ4n) is 3.55. The van der Waals surface area contributed by atoms with E-state index < -0.39 is 0 Å². The lowest BCUT2D eigenvalue weighted by Gasteiger charge is -2.13. The number of nitriles is 1. The van der Waals surface area contributed by atoms with Gasteiger partial charge in [0.25, 0.3) is 0 Å². The van der Waals surface area contributed by atoms with Gasteiger partial charge in [0.2, 0.25) is 5.91 Å². The number of benzene rings is 2. The summed E-state index contributed by atoms with van der Waals surface area (Å²) in [4.78, 5) is 21.5. The maximum absolute atomic E-state index is 12.4. The van der Waals surface area contributed by atoms with Crippen LogP contribution in [0.3, 0.4) is 0 Å². The number of pyridine rings is 2. The molecule has 174 valence electrons. The Morgan fingerprint density at radius 3 is 2.46 bits per heavy atom. The second-order valence-electron chi connectivity index (χ2n) is 7.75. The lowest BCUT2D eigenvalue weighted by molar-refractivity contribution is -0.115. The van der Waals surface area contributed by atoms with Crippen LogP contribution < -0.4 is 10.1 Å². The summed E-state index contributed by atoms with van der Waals surface area (Å²) in [5.74, 6) is 1.61. The topological polar surface area (TPSA) is 87.9 Å². The van der Waals surface area contributed by atoms with E-state index in [4.69, 9.17) is 9.72 Å². The highest BCUT2D eigenvalue weighted by molar-refractivity contribution is 7.99. The third kappa shape index (κ3) is 6.05. The van der Waals surface area contributed by atoms with E-state index in [2.05, 4.69) is 16.4 Å². The summed E-state index contributed by atoms with van der Waals surface area (Å²) in [5.41, 5.74) is 4.74. The van der Waals surface area contributed by atoms with Crippen LogP contribution in [-0.2, 0) is 4.79 Å². The zero-order valence-electron chi connectivity index (χ0n) is 19.5. The number of methoxy groups -OCH3 is 1. The number of nitrogens with zero attached hydrogens (tertiary/aromatic N) is 3. The molecular formula is C28H24N4O2S. The number of thioether (sulfide) groups is 1. The van der Waals surface area contributed by atoms with E-state index in [-0.39, 0.29) is 12.3 Å². The second-order valence-corrected chi connectivity index (χ2v) is 8.84. The van der Waals surface area contributed by atoms with E-state index in [1.165, 1.54) is 11.8 Å². The molecule has 2 aromatic heterocycles. The van der Waals surface area contributed by atoms with Crippen LogP contribution in [0.5, 0.6) is 5.75 Å². The molecule has 0 unspecified atom stereocenters. The molecule has 0 aliphatic heterocycles. The van der Waals surface area contributed by atoms with E-state index in [9.17, 15) is 10.1 Å². The number of carbonyl (C=O) groups excluding carboxylic acids is 1. The molecule has 0 bridgehead atoms. The molecule has 4 aromatic rings. The molecule has 0 fully saturated rings. The van der Waals surface area contributed by atoms with Crippen molar-refractivity contribution in [3.63, 3.8) is 0 Å². The minimum Gasteiger partial charge on any atom is -0.497 e. The molecule has 7 heteroatoms. The minimum absolute atomic E-state index is 0.135. The molecule has 0 aliphatic carbocycles. The van der Waals surface area contributed by atoms with Gasteiger partial charge >= 0.3 is 0 Å². The molecular weight excluding hydrogens is 456 g/mol. The zero-order valence-corrected chi connectivity index (χ0v) is 20.3. The van der Waals surface area contributed by atoms with Gasteiger partial charge < -0.3 is 10.1 Å². The van der Waals surface area contributed by atoms with Gasteiger partial charge in [-0.15, -0.1) is 11.8 Å². The summed E-state index contributed by atoms with van der Waals surface area (Å²) in [6, 6.07) is 27.2. The van der Waals surface area contributed by atoms with Gasteiger partial charge in [0, 0.05) is 29.0 Å². The second kappa shape index (κ2) is 11.3. The summed E-state index contributed by atoms with van der Waals surface area (Å²) in [6.45, 7) is 1.88. The first-order valence-electron chi connectivity index (χ1n) is 11.1. The highest BCUT2D eigenvalue weighted by Crippen LogP contribution is 2.35. The molecule has 0 atom stereocenters. The number of nitrogens with one attached hydrogen (secondary N) is 1. The number of hydrogen-bond donors (Lipinski definition) is 1. The fourth-order valence-corrected chi connectivity index (χ4v) is 4.49. The molecule has 0 saturated heterocycles. The van der Waals surface area contributed by atoms with Gasteiger partial charge in [0.1, 0.15) is 22.7 Å². The van der Waals surface area contributed by atoms with Gasteiger partial charge in [0.05, 0.1) is 18.4 Å². The summed E-state index contributed by atoms with van der Waals surface area (Å²) in [5, 5.41) is 13.5. The van der Waals surface area contributed by atoms with Crippen molar-refractivity contribution in [2.75, 3.05) is 18.2 Å². The van der Waals surface area contributed by atoms with E-state index in [1.807, 2.05) is 79.7 Å². The Morgan fingerprint density at radius 1 is 1.00 bits per heavy atom. The molecule has 0 radical (unpaired) electrons. The van der Waals surface area contributed by atoms with Gasteiger partial charge in [0.15, 0.2) is 0 Å². The van der Waals surface area contributed by atoms with Crippen LogP contribution in [0.4, 0.5) is 5.82 Å². The van der Waals surface area contributed by atoms with E-state index in [0.717, 1.165) is 33.8 Å². The fraction of sp³-hybridized carbons (Fsp3) is 0.143. The average molecular weight is 481 g/mol. The van der Waals surface area contributed by atoms with Crippen LogP contribution in [0, 0.1) is 18.3 Å². The maximum atomic E-state index is 12.4. The standard InChI is InChI=1S/C28H24N4O2S/c1-19-7-6-10-26(30-19)32-27(33)15-16-35-28-24(18-29)23(20-11-13-22(34-2)14-12-20)17-25(31-28)21-8-4-3-5-9-21/h3-14,17H,15-16H2,1-2H3,(H,30,32,33). The van der Waals surface area contributed by atoms with Crippen molar-refractivity contribution in [3.8, 4) is 34.2 Å². The number of anilines is 1. The molecule has 6 nitrogen and oxygen atoms in total. The van der Waals surface area contributed by atoms with Gasteiger partial charge in [-0.1, -0.05) is 48.5 Å². The van der Waals surface area contributed by atoms with Gasteiger partial charge in [-0.25, -0.2) is 9.97 Å². The van der Waals surface area contributed by atoms with Crippen LogP contribution in [0.1, 0.15) is 17.7 Å². The van der Waals surface area contributed by atoms with Crippen molar-refractivity contribution in [2.45, 2.75) is 18.4 Å².